The fourth-order valence-corrected chi connectivity index (χ4v) is 10.2. The average molecular weight is 1090 g/mol. The van der Waals surface area contributed by atoms with Gasteiger partial charge in [-0.3, -0.25) is 70.9 Å². The van der Waals surface area contributed by atoms with Crippen molar-refractivity contribution in [2.24, 2.45) is 5.92 Å². The van der Waals surface area contributed by atoms with E-state index in [2.05, 4.69) is 35.2 Å². The maximum atomic E-state index is 13.8. The summed E-state index contributed by atoms with van der Waals surface area (Å²) in [6.45, 7) is -0.268. The molecule has 10 atom stereocenters. The molecule has 0 spiro atoms. The minimum Gasteiger partial charge on any atom is -0.386 e. The van der Waals surface area contributed by atoms with Gasteiger partial charge in [-0.15, -0.1) is 0 Å². The number of aliphatic hydroxyl groups is 1. The molecule has 0 aliphatic carbocycles. The van der Waals surface area contributed by atoms with Crippen LogP contribution in [0.3, 0.4) is 0 Å². The summed E-state index contributed by atoms with van der Waals surface area (Å²) in [5.41, 5.74) is 9.46. The number of Topliss-reactive ketones (excluding diaryl/α,β-unsaturated/α-hetero) is 1. The van der Waals surface area contributed by atoms with Gasteiger partial charge in [0.25, 0.3) is 22.9 Å². The van der Waals surface area contributed by atoms with Gasteiger partial charge in [-0.25, -0.2) is 19.1 Å². The lowest BCUT2D eigenvalue weighted by Gasteiger charge is -2.29. The van der Waals surface area contributed by atoms with Gasteiger partial charge in [0.05, 0.1) is 78.7 Å². The number of nitrogens with one attached hydrogen (secondary N) is 3. The van der Waals surface area contributed by atoms with E-state index in [4.69, 9.17) is 58.0 Å². The number of hydrogen-bond donors (Lipinski definition) is 8. The quantitative estimate of drug-likeness (QED) is 0.0222. The van der Waals surface area contributed by atoms with Crippen LogP contribution in [-0.4, -0.2) is 192 Å². The maximum Gasteiger partial charge on any atom is 0.472 e. The summed E-state index contributed by atoms with van der Waals surface area (Å²) in [5.74, 6) is -3.56. The second kappa shape index (κ2) is 23.9. The molecule has 0 bridgehead atoms. The third kappa shape index (κ3) is 13.2. The number of ketones is 1. The maximum absolute atomic E-state index is 13.8. The Morgan fingerprint density at radius 1 is 0.716 bits per heavy atom. The molecule has 4 unspecified atom stereocenters. The van der Waals surface area contributed by atoms with Crippen LogP contribution in [0, 0.1) is 5.92 Å². The number of nitrogens with zero attached hydrogens (tertiary/aromatic N) is 7. The lowest BCUT2D eigenvalue weighted by Crippen LogP contribution is -2.38. The van der Waals surface area contributed by atoms with Crippen molar-refractivity contribution in [2.45, 2.75) is 62.2 Å². The number of carbonyl (C=O) groups excluding carboxylic acids is 4. The van der Waals surface area contributed by atoms with Gasteiger partial charge in [-0.2, -0.15) is 9.97 Å². The molecule has 4 aromatic heterocycles. The second-order valence-electron chi connectivity index (χ2n) is 16.7. The SMILES string of the molecule is Nc1nc2c(ncn2[C@@H]2O[C@@H]3COP(=O)(O)OC4[C@@H](COP(=O)(O)O[C@@H]3C2CC(=O)CCOCCOCCOCCOCCNC(=O)CCN2C(=O)C=CC2=O)O[C@@H](n2cnc3c(=O)[nH]c(N)nc32)[C@H]4O)c(=O)[nH]1. The Morgan fingerprint density at radius 2 is 1.20 bits per heavy atom. The van der Waals surface area contributed by atoms with Crippen molar-refractivity contribution in [1.29, 1.82) is 0 Å². The first-order valence-electron chi connectivity index (χ1n) is 22.8. The van der Waals surface area contributed by atoms with Gasteiger partial charge < -0.3 is 60.1 Å². The number of carbonyl (C=O) groups is 4. The van der Waals surface area contributed by atoms with Crippen LogP contribution >= 0.6 is 15.6 Å². The smallest absolute Gasteiger partial charge is 0.386 e. The van der Waals surface area contributed by atoms with E-state index in [9.17, 15) is 52.8 Å². The zero-order chi connectivity index (χ0) is 52.7. The highest BCUT2D eigenvalue weighted by Gasteiger charge is 2.54. The van der Waals surface area contributed by atoms with Gasteiger partial charge in [0.15, 0.2) is 28.6 Å². The van der Waals surface area contributed by atoms with Crippen LogP contribution < -0.4 is 27.9 Å². The summed E-state index contributed by atoms with van der Waals surface area (Å²) in [7, 11) is -10.5. The molecule has 4 aromatic rings. The lowest BCUT2D eigenvalue weighted by molar-refractivity contribution is -0.137. The first kappa shape index (κ1) is 54.5. The summed E-state index contributed by atoms with van der Waals surface area (Å²) in [6.07, 6.45) is -7.43. The lowest BCUT2D eigenvalue weighted by atomic mass is 9.93. The number of phosphoric acid groups is 2. The Bertz CT molecular complexity index is 2930. The normalized spacial score (nSPS) is 28.4. The number of aromatic amines is 2. The average Bonchev–Trinajstić information content (AvgIpc) is 4.16. The minimum atomic E-state index is -5.24. The monoisotopic (exact) mass is 1090 g/mol. The minimum absolute atomic E-state index is 0.0134. The zero-order valence-electron chi connectivity index (χ0n) is 38.9. The van der Waals surface area contributed by atoms with Gasteiger partial charge in [-0.1, -0.05) is 0 Å². The summed E-state index contributed by atoms with van der Waals surface area (Å²) in [4.78, 5) is 118. The van der Waals surface area contributed by atoms with E-state index in [1.54, 1.807) is 0 Å². The fraction of sp³-hybridized carbons (Fsp3) is 0.590. The van der Waals surface area contributed by atoms with Crippen molar-refractivity contribution in [3.05, 3.63) is 45.5 Å². The molecule has 4 aliphatic heterocycles. The van der Waals surface area contributed by atoms with E-state index < -0.39 is 113 Å². The molecule has 3 saturated heterocycles. The van der Waals surface area contributed by atoms with Crippen molar-refractivity contribution < 1.29 is 89.7 Å². The van der Waals surface area contributed by atoms with Crippen LogP contribution in [0.5, 0.6) is 0 Å². The van der Waals surface area contributed by atoms with Crippen LogP contribution in [-0.2, 0) is 74.8 Å². The number of nitrogens with two attached hydrogens (primary N) is 2. The summed E-state index contributed by atoms with van der Waals surface area (Å²) in [6, 6.07) is 0. The fourth-order valence-electron chi connectivity index (χ4n) is 8.27. The van der Waals surface area contributed by atoms with Crippen molar-refractivity contribution in [3.8, 4) is 0 Å². The zero-order valence-corrected chi connectivity index (χ0v) is 40.7. The largest absolute Gasteiger partial charge is 0.472 e. The molecule has 8 heterocycles. The number of rotatable bonds is 22. The van der Waals surface area contributed by atoms with E-state index in [1.807, 2.05) is 0 Å². The number of H-pyrrole nitrogens is 2. The Hall–Kier alpha value is -5.74. The Kier molecular flexibility index (Phi) is 17.6. The molecule has 8 rings (SSSR count). The topological polar surface area (TPSA) is 450 Å². The number of phosphoric ester groups is 2. The number of imide groups is 1. The van der Waals surface area contributed by atoms with Crippen LogP contribution in [0.25, 0.3) is 22.3 Å². The summed E-state index contributed by atoms with van der Waals surface area (Å²) < 4.78 is 85.6. The third-order valence-electron chi connectivity index (χ3n) is 11.7. The number of ether oxygens (including phenoxy) is 6. The number of imidazole rings is 2. The van der Waals surface area contributed by atoms with E-state index in [1.165, 1.54) is 4.57 Å². The number of hydrogen-bond acceptors (Lipinski definition) is 25. The van der Waals surface area contributed by atoms with Crippen LogP contribution in [0.2, 0.25) is 0 Å². The molecular formula is C39H52N12O21P2. The Balaban J connectivity index is 0.827. The Morgan fingerprint density at radius 3 is 1.77 bits per heavy atom. The van der Waals surface area contributed by atoms with Crippen LogP contribution in [0.4, 0.5) is 11.9 Å². The van der Waals surface area contributed by atoms with Crippen molar-refractivity contribution in [3.63, 3.8) is 0 Å². The first-order valence-corrected chi connectivity index (χ1v) is 25.7. The third-order valence-corrected chi connectivity index (χ3v) is 13.6. The molecule has 10 N–H and O–H groups in total. The predicted molar refractivity (Wildman–Crippen MR) is 245 cm³/mol. The van der Waals surface area contributed by atoms with E-state index in [0.717, 1.165) is 34.3 Å². The van der Waals surface area contributed by atoms with Gasteiger partial charge >= 0.3 is 15.6 Å². The number of fused-ring (bicyclic) bond motifs is 4. The van der Waals surface area contributed by atoms with Crippen LogP contribution in [0.15, 0.2) is 34.4 Å². The summed E-state index contributed by atoms with van der Waals surface area (Å²) >= 11 is 0. The van der Waals surface area contributed by atoms with Gasteiger partial charge in [-0.05, 0) is 0 Å². The molecule has 33 nitrogen and oxygen atoms in total. The van der Waals surface area contributed by atoms with Crippen molar-refractivity contribution in [1.82, 2.24) is 49.3 Å². The highest BCUT2D eigenvalue weighted by atomic mass is 31.2. The molecule has 3 fully saturated rings. The van der Waals surface area contributed by atoms with E-state index in [-0.39, 0.29) is 119 Å². The molecule has 4 aliphatic rings. The molecule has 0 radical (unpaired) electrons. The van der Waals surface area contributed by atoms with Crippen LogP contribution in [0.1, 0.15) is 31.7 Å². The molecule has 3 amide bonds. The number of amides is 3. The number of nitrogen functional groups attached to an aromatic ring is 2. The number of aliphatic hydroxyl groups excluding tert-OH is 1. The second-order valence-corrected chi connectivity index (χ2v) is 19.5. The predicted octanol–water partition coefficient (Wildman–Crippen LogP) is -2.95. The molecule has 74 heavy (non-hydrogen) atoms. The molecular weight excluding hydrogens is 1030 g/mol. The number of aromatic nitrogens is 8. The van der Waals surface area contributed by atoms with Gasteiger partial charge in [0, 0.05) is 50.4 Å². The molecule has 35 heteroatoms. The van der Waals surface area contributed by atoms with Gasteiger partial charge in [0.1, 0.15) is 42.5 Å². The first-order chi connectivity index (χ1) is 35.4. The van der Waals surface area contributed by atoms with Gasteiger partial charge in [0.2, 0.25) is 17.8 Å². The number of anilines is 2. The Labute approximate surface area is 415 Å². The standard InChI is InChI=1S/C39H52N12O21P2/c40-38-45-32-27(34(57)47-38)43-18-50(32)36-21(15-20(52)4-7-63-9-11-65-13-14-66-12-10-64-8-5-42-24(53)3-6-49-25(54)1-2-26(49)55)30-22(69-36)16-67-74(61,62)72-31-23(17-68-73(59,60)71-30)70-37(29(31)56)51-19-44-28-33(51)46-39(41)48-35(28)58/h1-2,18-19,21-23,29-31,36-37,56H,3-17H2,(H,42,53)(H,59,60)(H,61,62)(H3,40,45,47,57)(H3,41,46,48,58)/t21?,22-,23-,29+,30-,31?,36-,37-/m1/s1. The molecule has 404 valence electrons. The molecule has 0 aromatic carbocycles. The molecule has 0 saturated carbocycles. The highest BCUT2D eigenvalue weighted by Crippen LogP contribution is 2.55. The van der Waals surface area contributed by atoms with Crippen molar-refractivity contribution in [2.75, 3.05) is 90.6 Å². The summed E-state index contributed by atoms with van der Waals surface area (Å²) in [5, 5.41) is 14.0. The van der Waals surface area contributed by atoms with E-state index in [0.29, 0.717) is 0 Å². The van der Waals surface area contributed by atoms with E-state index >= 15 is 0 Å². The van der Waals surface area contributed by atoms with Crippen molar-refractivity contribution >= 4 is 73.4 Å². The highest BCUT2D eigenvalue weighted by molar-refractivity contribution is 7.47.